The van der Waals surface area contributed by atoms with Gasteiger partial charge in [-0.3, -0.25) is 0 Å². The molecule has 5 heteroatoms. The van der Waals surface area contributed by atoms with Crippen LogP contribution in [0.25, 0.3) is 11.4 Å². The van der Waals surface area contributed by atoms with Crippen LogP contribution in [0.5, 0.6) is 0 Å². The van der Waals surface area contributed by atoms with Crippen LogP contribution >= 0.6 is 0 Å². The van der Waals surface area contributed by atoms with E-state index in [2.05, 4.69) is 15.3 Å². The summed E-state index contributed by atoms with van der Waals surface area (Å²) < 4.78 is 26.2. The summed E-state index contributed by atoms with van der Waals surface area (Å²) in [6.45, 7) is 0. The predicted octanol–water partition coefficient (Wildman–Crippen LogP) is 2.95. The maximum absolute atomic E-state index is 13.3. The van der Waals surface area contributed by atoms with Crippen molar-refractivity contribution in [2.24, 2.45) is 0 Å². The van der Waals surface area contributed by atoms with Crippen LogP contribution in [0.3, 0.4) is 0 Å². The topological polar surface area (TPSA) is 37.8 Å². The largest absolute Gasteiger partial charge is 0.373 e. The molecular formula is C14H13F2N3. The Morgan fingerprint density at radius 2 is 1.95 bits per heavy atom. The SMILES string of the molecule is CNc1nc(-c2ccc(F)c(F)c2)nc2c1CCC2. The van der Waals surface area contributed by atoms with Crippen molar-refractivity contribution in [1.29, 1.82) is 0 Å². The Morgan fingerprint density at radius 1 is 1.11 bits per heavy atom. The first-order chi connectivity index (χ1) is 9.19. The van der Waals surface area contributed by atoms with Gasteiger partial charge < -0.3 is 5.32 Å². The highest BCUT2D eigenvalue weighted by atomic mass is 19.2. The van der Waals surface area contributed by atoms with Crippen molar-refractivity contribution >= 4 is 5.82 Å². The average molecular weight is 261 g/mol. The molecule has 0 aliphatic heterocycles. The highest BCUT2D eigenvalue weighted by Crippen LogP contribution is 2.29. The number of nitrogens with one attached hydrogen (secondary N) is 1. The summed E-state index contributed by atoms with van der Waals surface area (Å²) in [5.74, 6) is -0.530. The van der Waals surface area contributed by atoms with E-state index in [9.17, 15) is 8.78 Å². The van der Waals surface area contributed by atoms with Gasteiger partial charge in [-0.15, -0.1) is 0 Å². The lowest BCUT2D eigenvalue weighted by Crippen LogP contribution is -2.03. The standard InChI is InChI=1S/C14H13F2N3/c1-17-14-9-3-2-4-12(9)18-13(19-14)8-5-6-10(15)11(16)7-8/h5-7H,2-4H2,1H3,(H,17,18,19). The molecule has 0 radical (unpaired) electrons. The molecule has 0 fully saturated rings. The molecule has 0 saturated carbocycles. The zero-order valence-corrected chi connectivity index (χ0v) is 10.5. The molecule has 0 atom stereocenters. The maximum atomic E-state index is 13.3. The lowest BCUT2D eigenvalue weighted by Gasteiger charge is -2.09. The van der Waals surface area contributed by atoms with Crippen LogP contribution in [-0.4, -0.2) is 17.0 Å². The Kier molecular flexibility index (Phi) is 2.89. The van der Waals surface area contributed by atoms with Crippen LogP contribution < -0.4 is 5.32 Å². The van der Waals surface area contributed by atoms with E-state index in [1.807, 2.05) is 0 Å². The zero-order valence-electron chi connectivity index (χ0n) is 10.5. The van der Waals surface area contributed by atoms with Crippen molar-refractivity contribution in [2.45, 2.75) is 19.3 Å². The molecule has 0 saturated heterocycles. The van der Waals surface area contributed by atoms with Crippen LogP contribution in [-0.2, 0) is 12.8 Å². The van der Waals surface area contributed by atoms with E-state index < -0.39 is 11.6 Å². The number of hydrogen-bond donors (Lipinski definition) is 1. The second-order valence-electron chi connectivity index (χ2n) is 4.55. The number of rotatable bonds is 2. The quantitative estimate of drug-likeness (QED) is 0.903. The van der Waals surface area contributed by atoms with E-state index in [-0.39, 0.29) is 0 Å². The molecule has 1 aliphatic carbocycles. The second-order valence-corrected chi connectivity index (χ2v) is 4.55. The number of halogens is 2. The minimum Gasteiger partial charge on any atom is -0.373 e. The average Bonchev–Trinajstić information content (AvgIpc) is 2.89. The fraction of sp³-hybridized carbons (Fsp3) is 0.286. The first-order valence-electron chi connectivity index (χ1n) is 6.22. The third kappa shape index (κ3) is 2.05. The number of aryl methyl sites for hydroxylation is 1. The second kappa shape index (κ2) is 4.57. The molecule has 0 unspecified atom stereocenters. The van der Waals surface area contributed by atoms with Crippen LogP contribution in [0.4, 0.5) is 14.6 Å². The van der Waals surface area contributed by atoms with Crippen molar-refractivity contribution in [2.75, 3.05) is 12.4 Å². The van der Waals surface area contributed by atoms with Gasteiger partial charge in [-0.25, -0.2) is 18.7 Å². The Hall–Kier alpha value is -2.04. The molecule has 19 heavy (non-hydrogen) atoms. The highest BCUT2D eigenvalue weighted by molar-refractivity contribution is 5.60. The van der Waals surface area contributed by atoms with Crippen LogP contribution in [0.2, 0.25) is 0 Å². The first-order valence-corrected chi connectivity index (χ1v) is 6.22. The summed E-state index contributed by atoms with van der Waals surface area (Å²) in [5.41, 5.74) is 2.62. The third-order valence-corrected chi connectivity index (χ3v) is 3.35. The number of anilines is 1. The number of hydrogen-bond acceptors (Lipinski definition) is 3. The summed E-state index contributed by atoms with van der Waals surface area (Å²) in [4.78, 5) is 8.86. The predicted molar refractivity (Wildman–Crippen MR) is 69.0 cm³/mol. The molecule has 1 aromatic carbocycles. The third-order valence-electron chi connectivity index (χ3n) is 3.35. The van der Waals surface area contributed by atoms with Gasteiger partial charge in [-0.05, 0) is 37.5 Å². The molecule has 3 rings (SSSR count). The van der Waals surface area contributed by atoms with Gasteiger partial charge >= 0.3 is 0 Å². The maximum Gasteiger partial charge on any atom is 0.161 e. The summed E-state index contributed by atoms with van der Waals surface area (Å²) in [6.07, 6.45) is 2.92. The molecule has 98 valence electrons. The minimum absolute atomic E-state index is 0.434. The Morgan fingerprint density at radius 3 is 2.68 bits per heavy atom. The fourth-order valence-electron chi connectivity index (χ4n) is 2.40. The highest BCUT2D eigenvalue weighted by Gasteiger charge is 2.19. The van der Waals surface area contributed by atoms with Crippen LogP contribution in [0, 0.1) is 11.6 Å². The minimum atomic E-state index is -0.882. The molecule has 3 nitrogen and oxygen atoms in total. The van der Waals surface area contributed by atoms with Crippen molar-refractivity contribution in [1.82, 2.24) is 9.97 Å². The zero-order chi connectivity index (χ0) is 13.4. The Bertz CT molecular complexity index is 641. The molecule has 0 spiro atoms. The van der Waals surface area contributed by atoms with Gasteiger partial charge in [0.1, 0.15) is 5.82 Å². The van der Waals surface area contributed by atoms with E-state index in [0.717, 1.165) is 48.5 Å². The van der Waals surface area contributed by atoms with Gasteiger partial charge in [0.25, 0.3) is 0 Å². The van der Waals surface area contributed by atoms with Gasteiger partial charge in [0.05, 0.1) is 0 Å². The van der Waals surface area contributed by atoms with Gasteiger partial charge in [0, 0.05) is 23.9 Å². The van der Waals surface area contributed by atoms with E-state index >= 15 is 0 Å². The summed E-state index contributed by atoms with van der Waals surface area (Å²) in [5, 5.41) is 3.04. The van der Waals surface area contributed by atoms with Crippen LogP contribution in [0.1, 0.15) is 17.7 Å². The van der Waals surface area contributed by atoms with E-state index in [1.165, 1.54) is 6.07 Å². The van der Waals surface area contributed by atoms with E-state index in [1.54, 1.807) is 7.05 Å². The van der Waals surface area contributed by atoms with Gasteiger partial charge in [-0.1, -0.05) is 0 Å². The Balaban J connectivity index is 2.12. The molecule has 0 amide bonds. The Labute approximate surface area is 109 Å². The summed E-state index contributed by atoms with van der Waals surface area (Å²) >= 11 is 0. The van der Waals surface area contributed by atoms with Gasteiger partial charge in [-0.2, -0.15) is 0 Å². The summed E-state index contributed by atoms with van der Waals surface area (Å²) in [7, 11) is 1.80. The number of nitrogens with zero attached hydrogens (tertiary/aromatic N) is 2. The normalized spacial score (nSPS) is 13.4. The molecular weight excluding hydrogens is 248 g/mol. The smallest absolute Gasteiger partial charge is 0.161 e. The number of benzene rings is 1. The fourth-order valence-corrected chi connectivity index (χ4v) is 2.40. The molecule has 1 aromatic heterocycles. The molecule has 2 aromatic rings. The van der Waals surface area contributed by atoms with E-state index in [4.69, 9.17) is 0 Å². The van der Waals surface area contributed by atoms with Crippen molar-refractivity contribution in [3.8, 4) is 11.4 Å². The summed E-state index contributed by atoms with van der Waals surface area (Å²) in [6, 6.07) is 3.72. The van der Waals surface area contributed by atoms with Crippen molar-refractivity contribution in [3.63, 3.8) is 0 Å². The molecule has 1 aliphatic rings. The molecule has 1 N–H and O–H groups in total. The van der Waals surface area contributed by atoms with Gasteiger partial charge in [0.2, 0.25) is 0 Å². The number of aromatic nitrogens is 2. The molecule has 0 bridgehead atoms. The number of fused-ring (bicyclic) bond motifs is 1. The van der Waals surface area contributed by atoms with Crippen molar-refractivity contribution < 1.29 is 8.78 Å². The molecule has 1 heterocycles. The van der Waals surface area contributed by atoms with E-state index in [0.29, 0.717) is 11.4 Å². The van der Waals surface area contributed by atoms with Gasteiger partial charge in [0.15, 0.2) is 17.5 Å². The monoisotopic (exact) mass is 261 g/mol. The lowest BCUT2D eigenvalue weighted by molar-refractivity contribution is 0.509. The van der Waals surface area contributed by atoms with Crippen LogP contribution in [0.15, 0.2) is 18.2 Å². The first kappa shape index (κ1) is 12.0. The lowest BCUT2D eigenvalue weighted by atomic mass is 10.1. The van der Waals surface area contributed by atoms with Crippen molar-refractivity contribution in [3.05, 3.63) is 41.1 Å².